The summed E-state index contributed by atoms with van der Waals surface area (Å²) in [4.78, 5) is 26.8. The second-order valence-corrected chi connectivity index (χ2v) is 9.03. The zero-order chi connectivity index (χ0) is 19.7. The van der Waals surface area contributed by atoms with Gasteiger partial charge in [0.2, 0.25) is 16.9 Å². The monoisotopic (exact) mass is 398 g/mol. The SMILES string of the molecule is Cc1cc(C)cc(N2C[C@H](c3nnc(NC(=O)C4CCCCC4)s3)CC2=O)c1. The van der Waals surface area contributed by atoms with E-state index in [4.69, 9.17) is 0 Å². The Labute approximate surface area is 169 Å². The number of aryl methyl sites for hydroxylation is 2. The van der Waals surface area contributed by atoms with Crippen LogP contribution in [0.5, 0.6) is 0 Å². The van der Waals surface area contributed by atoms with Gasteiger partial charge in [-0.1, -0.05) is 36.7 Å². The summed E-state index contributed by atoms with van der Waals surface area (Å²) in [5.74, 6) is 0.278. The Morgan fingerprint density at radius 1 is 1.11 bits per heavy atom. The third-order valence-corrected chi connectivity index (χ3v) is 6.64. The molecule has 1 N–H and O–H groups in total. The van der Waals surface area contributed by atoms with E-state index in [-0.39, 0.29) is 23.7 Å². The van der Waals surface area contributed by atoms with E-state index in [1.807, 2.05) is 30.9 Å². The Morgan fingerprint density at radius 3 is 2.54 bits per heavy atom. The second-order valence-electron chi connectivity index (χ2n) is 8.02. The second kappa shape index (κ2) is 7.99. The first-order chi connectivity index (χ1) is 13.5. The van der Waals surface area contributed by atoms with Gasteiger partial charge >= 0.3 is 0 Å². The minimum absolute atomic E-state index is 0.0196. The van der Waals surface area contributed by atoms with Crippen LogP contribution >= 0.6 is 11.3 Å². The summed E-state index contributed by atoms with van der Waals surface area (Å²) in [7, 11) is 0. The summed E-state index contributed by atoms with van der Waals surface area (Å²) in [5.41, 5.74) is 3.24. The summed E-state index contributed by atoms with van der Waals surface area (Å²) in [6.45, 7) is 4.69. The molecule has 1 aliphatic carbocycles. The van der Waals surface area contributed by atoms with Gasteiger partial charge in [0, 0.05) is 30.5 Å². The highest BCUT2D eigenvalue weighted by molar-refractivity contribution is 7.15. The van der Waals surface area contributed by atoms with Gasteiger partial charge in [0.25, 0.3) is 0 Å². The average molecular weight is 399 g/mol. The van der Waals surface area contributed by atoms with Gasteiger partial charge in [-0.2, -0.15) is 0 Å². The molecule has 7 heteroatoms. The smallest absolute Gasteiger partial charge is 0.229 e. The van der Waals surface area contributed by atoms with Crippen molar-refractivity contribution in [3.8, 4) is 0 Å². The van der Waals surface area contributed by atoms with Crippen molar-refractivity contribution in [1.82, 2.24) is 10.2 Å². The molecule has 1 aromatic carbocycles. The van der Waals surface area contributed by atoms with Crippen LogP contribution in [0.1, 0.15) is 60.6 Å². The van der Waals surface area contributed by atoms with Gasteiger partial charge in [-0.25, -0.2) is 0 Å². The maximum absolute atomic E-state index is 12.6. The summed E-state index contributed by atoms with van der Waals surface area (Å²) < 4.78 is 0. The molecular weight excluding hydrogens is 372 g/mol. The Morgan fingerprint density at radius 2 is 1.82 bits per heavy atom. The van der Waals surface area contributed by atoms with Crippen LogP contribution in [0, 0.1) is 19.8 Å². The molecule has 4 rings (SSSR count). The minimum atomic E-state index is 0.0196. The van der Waals surface area contributed by atoms with Crippen LogP contribution < -0.4 is 10.2 Å². The highest BCUT2D eigenvalue weighted by atomic mass is 32.1. The standard InChI is InChI=1S/C21H26N4O2S/c1-13-8-14(2)10-17(9-13)25-12-16(11-18(25)26)20-23-24-21(28-20)22-19(27)15-6-4-3-5-7-15/h8-10,15-16H,3-7,11-12H2,1-2H3,(H,22,24,27)/t16-/m1/s1. The number of aromatic nitrogens is 2. The van der Waals surface area contributed by atoms with Gasteiger partial charge < -0.3 is 10.2 Å². The van der Waals surface area contributed by atoms with E-state index >= 15 is 0 Å². The van der Waals surface area contributed by atoms with Gasteiger partial charge in [-0.15, -0.1) is 10.2 Å². The Balaban J connectivity index is 1.43. The number of carbonyl (C=O) groups excluding carboxylic acids is 2. The largest absolute Gasteiger partial charge is 0.312 e. The lowest BCUT2D eigenvalue weighted by Gasteiger charge is -2.19. The number of hydrogen-bond donors (Lipinski definition) is 1. The number of rotatable bonds is 4. The molecule has 2 heterocycles. The number of nitrogens with zero attached hydrogens (tertiary/aromatic N) is 3. The lowest BCUT2D eigenvalue weighted by molar-refractivity contribution is -0.120. The predicted molar refractivity (Wildman–Crippen MR) is 111 cm³/mol. The molecule has 2 fully saturated rings. The van der Waals surface area contributed by atoms with Crippen molar-refractivity contribution in [1.29, 1.82) is 0 Å². The lowest BCUT2D eigenvalue weighted by Crippen LogP contribution is -2.24. The van der Waals surface area contributed by atoms with E-state index in [9.17, 15) is 9.59 Å². The molecule has 0 spiro atoms. The van der Waals surface area contributed by atoms with Crippen molar-refractivity contribution in [2.24, 2.45) is 5.92 Å². The quantitative estimate of drug-likeness (QED) is 0.838. The minimum Gasteiger partial charge on any atom is -0.312 e. The Kier molecular flexibility index (Phi) is 5.44. The fourth-order valence-corrected chi connectivity index (χ4v) is 5.09. The third kappa shape index (κ3) is 4.09. The molecule has 1 saturated heterocycles. The molecule has 2 aliphatic rings. The molecule has 0 bridgehead atoms. The third-order valence-electron chi connectivity index (χ3n) is 5.64. The molecule has 2 amide bonds. The highest BCUT2D eigenvalue weighted by Crippen LogP contribution is 2.35. The van der Waals surface area contributed by atoms with Gasteiger partial charge in [0.15, 0.2) is 0 Å². The van der Waals surface area contributed by atoms with E-state index < -0.39 is 0 Å². The van der Waals surface area contributed by atoms with E-state index in [1.54, 1.807) is 0 Å². The van der Waals surface area contributed by atoms with Crippen molar-refractivity contribution >= 4 is 34.0 Å². The molecule has 148 valence electrons. The van der Waals surface area contributed by atoms with Crippen LogP contribution in [-0.4, -0.2) is 28.6 Å². The van der Waals surface area contributed by atoms with Gasteiger partial charge in [-0.3, -0.25) is 9.59 Å². The molecule has 2 aromatic rings. The first kappa shape index (κ1) is 19.1. The van der Waals surface area contributed by atoms with E-state index in [0.717, 1.165) is 47.5 Å². The first-order valence-corrected chi connectivity index (χ1v) is 10.8. The maximum atomic E-state index is 12.6. The maximum Gasteiger partial charge on any atom is 0.229 e. The van der Waals surface area contributed by atoms with Crippen LogP contribution in [0.15, 0.2) is 18.2 Å². The van der Waals surface area contributed by atoms with Crippen LogP contribution in [0.2, 0.25) is 0 Å². The summed E-state index contributed by atoms with van der Waals surface area (Å²) in [6, 6.07) is 6.19. The Bertz CT molecular complexity index is 868. The van der Waals surface area contributed by atoms with E-state index in [2.05, 4.69) is 21.6 Å². The van der Waals surface area contributed by atoms with Crippen molar-refractivity contribution in [2.45, 2.75) is 58.3 Å². The zero-order valence-corrected chi connectivity index (χ0v) is 17.2. The predicted octanol–water partition coefficient (Wildman–Crippen LogP) is 4.19. The molecule has 28 heavy (non-hydrogen) atoms. The average Bonchev–Trinajstić information content (AvgIpc) is 3.28. The van der Waals surface area contributed by atoms with E-state index in [0.29, 0.717) is 18.1 Å². The van der Waals surface area contributed by atoms with Crippen molar-refractivity contribution < 1.29 is 9.59 Å². The number of nitrogens with one attached hydrogen (secondary N) is 1. The van der Waals surface area contributed by atoms with Crippen molar-refractivity contribution in [2.75, 3.05) is 16.8 Å². The van der Waals surface area contributed by atoms with Gasteiger partial charge in [-0.05, 0) is 49.9 Å². The van der Waals surface area contributed by atoms with Crippen LogP contribution in [0.3, 0.4) is 0 Å². The highest BCUT2D eigenvalue weighted by Gasteiger charge is 2.34. The number of anilines is 2. The zero-order valence-electron chi connectivity index (χ0n) is 16.4. The van der Waals surface area contributed by atoms with Gasteiger partial charge in [0.1, 0.15) is 5.01 Å². The molecule has 0 unspecified atom stereocenters. The van der Waals surface area contributed by atoms with Gasteiger partial charge in [0.05, 0.1) is 0 Å². The molecular formula is C21H26N4O2S. The van der Waals surface area contributed by atoms with Crippen molar-refractivity contribution in [3.63, 3.8) is 0 Å². The number of hydrogen-bond acceptors (Lipinski definition) is 5. The topological polar surface area (TPSA) is 75.2 Å². The normalized spacial score (nSPS) is 20.6. The summed E-state index contributed by atoms with van der Waals surface area (Å²) in [6.07, 6.45) is 5.81. The Hall–Kier alpha value is -2.28. The molecule has 0 radical (unpaired) electrons. The number of carbonyl (C=O) groups is 2. The lowest BCUT2D eigenvalue weighted by atomic mass is 9.89. The molecule has 1 atom stereocenters. The van der Waals surface area contributed by atoms with Crippen molar-refractivity contribution in [3.05, 3.63) is 34.3 Å². The number of amides is 2. The fourth-order valence-electron chi connectivity index (χ4n) is 4.25. The molecule has 1 aliphatic heterocycles. The van der Waals surface area contributed by atoms with E-state index in [1.165, 1.54) is 17.8 Å². The van der Waals surface area contributed by atoms with Crippen LogP contribution in [0.25, 0.3) is 0 Å². The van der Waals surface area contributed by atoms with Crippen LogP contribution in [-0.2, 0) is 9.59 Å². The summed E-state index contributed by atoms with van der Waals surface area (Å²) >= 11 is 1.39. The molecule has 6 nitrogen and oxygen atoms in total. The molecule has 1 aromatic heterocycles. The fraction of sp³-hybridized carbons (Fsp3) is 0.524. The first-order valence-electron chi connectivity index (χ1n) is 10.0. The summed E-state index contributed by atoms with van der Waals surface area (Å²) in [5, 5.41) is 12.7. The molecule has 1 saturated carbocycles. The van der Waals surface area contributed by atoms with Crippen LogP contribution in [0.4, 0.5) is 10.8 Å². The number of benzene rings is 1.